The molecular weight excluding hydrogens is 361 g/mol. The van der Waals surface area contributed by atoms with Crippen LogP contribution in [0.15, 0.2) is 53.3 Å². The molecule has 3 rings (SSSR count). The van der Waals surface area contributed by atoms with Gasteiger partial charge in [-0.3, -0.25) is 4.79 Å². The van der Waals surface area contributed by atoms with Crippen LogP contribution in [0.1, 0.15) is 27.7 Å². The summed E-state index contributed by atoms with van der Waals surface area (Å²) in [5.74, 6) is -0.412. The van der Waals surface area contributed by atoms with Gasteiger partial charge in [-0.2, -0.15) is 0 Å². The molecule has 0 fully saturated rings. The normalized spacial score (nSPS) is 11.5. The molecule has 3 aromatic rings. The molecule has 2 aromatic carbocycles. The van der Waals surface area contributed by atoms with Crippen molar-refractivity contribution in [3.63, 3.8) is 0 Å². The number of carbonyl (C=O) groups is 1. The molecule has 0 atom stereocenters. The van der Waals surface area contributed by atoms with Gasteiger partial charge in [-0.1, -0.05) is 18.2 Å². The lowest BCUT2D eigenvalue weighted by Crippen LogP contribution is -2.40. The molecule has 1 heterocycles. The van der Waals surface area contributed by atoms with Gasteiger partial charge in [0.25, 0.3) is 5.56 Å². The van der Waals surface area contributed by atoms with E-state index < -0.39 is 23.1 Å². The second-order valence-electron chi connectivity index (χ2n) is 7.27. The van der Waals surface area contributed by atoms with Crippen molar-refractivity contribution in [3.8, 4) is 5.69 Å². The number of aromatic nitrogens is 2. The van der Waals surface area contributed by atoms with Gasteiger partial charge >= 0.3 is 6.09 Å². The molecule has 0 saturated carbocycles. The second kappa shape index (κ2) is 7.42. The Morgan fingerprint density at radius 3 is 2.46 bits per heavy atom. The molecular formula is C21H22FN3O3. The quantitative estimate of drug-likeness (QED) is 0.677. The van der Waals surface area contributed by atoms with Crippen LogP contribution < -0.4 is 10.5 Å². The van der Waals surface area contributed by atoms with Crippen LogP contribution in [0.25, 0.3) is 16.6 Å². The molecule has 6 nitrogen and oxygen atoms in total. The number of rotatable bonds is 3. The van der Waals surface area contributed by atoms with E-state index in [0.29, 0.717) is 11.2 Å². The van der Waals surface area contributed by atoms with Crippen LogP contribution in [0.2, 0.25) is 0 Å². The molecule has 0 spiro atoms. The third-order valence-corrected chi connectivity index (χ3v) is 4.00. The first-order valence-electron chi connectivity index (χ1n) is 8.99. The second-order valence-corrected chi connectivity index (χ2v) is 7.27. The maximum atomic E-state index is 13.7. The van der Waals surface area contributed by atoms with Crippen LogP contribution in [0.3, 0.4) is 0 Å². The number of anilines is 1. The molecule has 1 amide bonds. The fourth-order valence-corrected chi connectivity index (χ4v) is 2.81. The summed E-state index contributed by atoms with van der Waals surface area (Å²) >= 11 is 0. The summed E-state index contributed by atoms with van der Waals surface area (Å²) in [7, 11) is 0. The van der Waals surface area contributed by atoms with Gasteiger partial charge in [-0.25, -0.2) is 23.6 Å². The SMILES string of the molecule is CCN(C(=O)OC(C)(C)C)c1nc2ccc(F)cc2c(=O)n1-c1ccccc1. The highest BCUT2D eigenvalue weighted by atomic mass is 19.1. The highest BCUT2D eigenvalue weighted by molar-refractivity contribution is 5.88. The summed E-state index contributed by atoms with van der Waals surface area (Å²) in [6, 6.07) is 12.6. The number of carbonyl (C=O) groups excluding carboxylic acids is 1. The maximum Gasteiger partial charge on any atom is 0.417 e. The summed E-state index contributed by atoms with van der Waals surface area (Å²) in [4.78, 5) is 31.8. The van der Waals surface area contributed by atoms with E-state index in [2.05, 4.69) is 4.98 Å². The molecule has 0 aliphatic carbocycles. The number of benzene rings is 2. The zero-order valence-corrected chi connectivity index (χ0v) is 16.3. The third-order valence-electron chi connectivity index (χ3n) is 4.00. The van der Waals surface area contributed by atoms with Crippen molar-refractivity contribution in [2.45, 2.75) is 33.3 Å². The summed E-state index contributed by atoms with van der Waals surface area (Å²) in [6.45, 7) is 7.29. The van der Waals surface area contributed by atoms with E-state index in [-0.39, 0.29) is 17.9 Å². The predicted octanol–water partition coefficient (Wildman–Crippen LogP) is 4.29. The predicted molar refractivity (Wildman–Crippen MR) is 107 cm³/mol. The minimum atomic E-state index is -0.706. The lowest BCUT2D eigenvalue weighted by molar-refractivity contribution is 0.0579. The molecule has 7 heteroatoms. The average molecular weight is 383 g/mol. The van der Waals surface area contributed by atoms with Crippen LogP contribution in [0.4, 0.5) is 15.1 Å². The average Bonchev–Trinajstić information content (AvgIpc) is 2.62. The monoisotopic (exact) mass is 383 g/mol. The lowest BCUT2D eigenvalue weighted by Gasteiger charge is -2.27. The molecule has 0 radical (unpaired) electrons. The van der Waals surface area contributed by atoms with Crippen LogP contribution in [-0.2, 0) is 4.74 Å². The van der Waals surface area contributed by atoms with Crippen LogP contribution in [0, 0.1) is 5.82 Å². The Hall–Kier alpha value is -3.22. The molecule has 0 aliphatic heterocycles. The fourth-order valence-electron chi connectivity index (χ4n) is 2.81. The number of amides is 1. The standard InChI is InChI=1S/C21H22FN3O3/c1-5-24(20(27)28-21(2,3)4)19-23-17-12-11-14(22)13-16(17)18(26)25(19)15-9-7-6-8-10-15/h6-13H,5H2,1-4H3. The van der Waals surface area contributed by atoms with E-state index in [1.165, 1.54) is 21.6 Å². The first-order chi connectivity index (χ1) is 13.2. The Balaban J connectivity index is 2.29. The molecule has 28 heavy (non-hydrogen) atoms. The van der Waals surface area contributed by atoms with Crippen molar-refractivity contribution in [2.75, 3.05) is 11.4 Å². The van der Waals surface area contributed by atoms with Crippen molar-refractivity contribution in [1.29, 1.82) is 0 Å². The lowest BCUT2D eigenvalue weighted by atomic mass is 10.2. The van der Waals surface area contributed by atoms with E-state index in [9.17, 15) is 14.0 Å². The Kier molecular flexibility index (Phi) is 5.18. The summed E-state index contributed by atoms with van der Waals surface area (Å²) in [6.07, 6.45) is -0.618. The molecule has 0 N–H and O–H groups in total. The van der Waals surface area contributed by atoms with E-state index in [1.54, 1.807) is 52.0 Å². The Morgan fingerprint density at radius 2 is 1.86 bits per heavy atom. The van der Waals surface area contributed by atoms with Gasteiger partial charge in [0, 0.05) is 6.54 Å². The summed E-state index contributed by atoms with van der Waals surface area (Å²) < 4.78 is 20.5. The van der Waals surface area contributed by atoms with Gasteiger partial charge in [0.15, 0.2) is 0 Å². The van der Waals surface area contributed by atoms with Crippen molar-refractivity contribution in [3.05, 3.63) is 64.7 Å². The first-order valence-corrected chi connectivity index (χ1v) is 8.99. The van der Waals surface area contributed by atoms with Crippen molar-refractivity contribution in [2.24, 2.45) is 0 Å². The molecule has 0 unspecified atom stereocenters. The molecule has 1 aromatic heterocycles. The number of hydrogen-bond donors (Lipinski definition) is 0. The van der Waals surface area contributed by atoms with Gasteiger partial charge in [0.2, 0.25) is 5.95 Å². The van der Waals surface area contributed by atoms with E-state index >= 15 is 0 Å². The number of para-hydroxylation sites is 1. The van der Waals surface area contributed by atoms with Crippen molar-refractivity contribution >= 4 is 22.9 Å². The smallest absolute Gasteiger partial charge is 0.417 e. The Labute approximate surface area is 162 Å². The number of nitrogens with zero attached hydrogens (tertiary/aromatic N) is 3. The van der Waals surface area contributed by atoms with Crippen LogP contribution in [-0.4, -0.2) is 27.8 Å². The zero-order valence-electron chi connectivity index (χ0n) is 16.3. The summed E-state index contributed by atoms with van der Waals surface area (Å²) in [5, 5.41) is 0.132. The highest BCUT2D eigenvalue weighted by Crippen LogP contribution is 2.22. The maximum absolute atomic E-state index is 13.7. The Morgan fingerprint density at radius 1 is 1.18 bits per heavy atom. The molecule has 0 aliphatic rings. The van der Waals surface area contributed by atoms with Gasteiger partial charge < -0.3 is 4.74 Å². The third kappa shape index (κ3) is 3.88. The molecule has 146 valence electrons. The highest BCUT2D eigenvalue weighted by Gasteiger charge is 2.27. The fraction of sp³-hybridized carbons (Fsp3) is 0.286. The summed E-state index contributed by atoms with van der Waals surface area (Å²) in [5.41, 5.74) is -0.353. The topological polar surface area (TPSA) is 64.4 Å². The first kappa shape index (κ1) is 19.5. The molecule has 0 bridgehead atoms. The van der Waals surface area contributed by atoms with Crippen LogP contribution in [0.5, 0.6) is 0 Å². The Bertz CT molecular complexity index is 1070. The van der Waals surface area contributed by atoms with E-state index in [4.69, 9.17) is 4.74 Å². The van der Waals surface area contributed by atoms with E-state index in [1.807, 2.05) is 6.07 Å². The minimum absolute atomic E-state index is 0.118. The molecule has 0 saturated heterocycles. The minimum Gasteiger partial charge on any atom is -0.443 e. The number of hydrogen-bond acceptors (Lipinski definition) is 4. The van der Waals surface area contributed by atoms with Gasteiger partial charge in [0.1, 0.15) is 11.4 Å². The number of fused-ring (bicyclic) bond motifs is 1. The largest absolute Gasteiger partial charge is 0.443 e. The van der Waals surface area contributed by atoms with Crippen molar-refractivity contribution < 1.29 is 13.9 Å². The van der Waals surface area contributed by atoms with Gasteiger partial charge in [0.05, 0.1) is 16.6 Å². The zero-order chi connectivity index (χ0) is 20.5. The van der Waals surface area contributed by atoms with E-state index in [0.717, 1.165) is 6.07 Å². The van der Waals surface area contributed by atoms with Crippen LogP contribution >= 0.6 is 0 Å². The van der Waals surface area contributed by atoms with Gasteiger partial charge in [-0.15, -0.1) is 0 Å². The van der Waals surface area contributed by atoms with Crippen molar-refractivity contribution in [1.82, 2.24) is 9.55 Å². The van der Waals surface area contributed by atoms with Gasteiger partial charge in [-0.05, 0) is 58.0 Å². The number of halogens is 1. The number of ether oxygens (including phenoxy) is 1.